The lowest BCUT2D eigenvalue weighted by Gasteiger charge is -2.35. The quantitative estimate of drug-likeness (QED) is 0.703. The summed E-state index contributed by atoms with van der Waals surface area (Å²) in [7, 11) is 0. The molecule has 9 heteroatoms. The molecule has 8 nitrogen and oxygen atoms in total. The summed E-state index contributed by atoms with van der Waals surface area (Å²) in [5, 5.41) is 5.65. The molecule has 0 aliphatic carbocycles. The van der Waals surface area contributed by atoms with Gasteiger partial charge in [-0.2, -0.15) is 0 Å². The summed E-state index contributed by atoms with van der Waals surface area (Å²) in [5.74, 6) is -2.98. The van der Waals surface area contributed by atoms with Crippen LogP contribution >= 0.6 is 0 Å². The molecule has 4 aliphatic heterocycles. The van der Waals surface area contributed by atoms with E-state index in [-0.39, 0.29) is 36.1 Å². The Morgan fingerprint density at radius 3 is 2.36 bits per heavy atom. The third-order valence-electron chi connectivity index (χ3n) is 6.04. The van der Waals surface area contributed by atoms with Crippen molar-refractivity contribution in [1.82, 2.24) is 15.5 Å². The minimum absolute atomic E-state index is 0.0180. The van der Waals surface area contributed by atoms with Crippen molar-refractivity contribution in [1.29, 1.82) is 0 Å². The van der Waals surface area contributed by atoms with E-state index in [1.165, 1.54) is 6.07 Å². The lowest BCUT2D eigenvalue weighted by molar-refractivity contribution is -0.136. The minimum Gasteiger partial charge on any atom is -0.368 e. The summed E-state index contributed by atoms with van der Waals surface area (Å²) in [4.78, 5) is 52.5. The van der Waals surface area contributed by atoms with Gasteiger partial charge in [-0.15, -0.1) is 0 Å². The monoisotopic (exact) mass is 386 g/mol. The van der Waals surface area contributed by atoms with Crippen molar-refractivity contribution in [3.63, 3.8) is 0 Å². The second-order valence-electron chi connectivity index (χ2n) is 7.84. The van der Waals surface area contributed by atoms with E-state index < -0.39 is 35.5 Å². The van der Waals surface area contributed by atoms with Crippen LogP contribution in [0.1, 0.15) is 46.4 Å². The van der Waals surface area contributed by atoms with Crippen molar-refractivity contribution in [2.24, 2.45) is 0 Å². The zero-order chi connectivity index (χ0) is 19.6. The molecule has 2 bridgehead atoms. The van der Waals surface area contributed by atoms with Gasteiger partial charge in [-0.3, -0.25) is 29.4 Å². The Morgan fingerprint density at radius 1 is 0.964 bits per heavy atom. The van der Waals surface area contributed by atoms with Crippen LogP contribution in [-0.2, 0) is 9.59 Å². The predicted octanol–water partition coefficient (Wildman–Crippen LogP) is 0.168. The van der Waals surface area contributed by atoms with Crippen LogP contribution in [0.5, 0.6) is 0 Å². The van der Waals surface area contributed by atoms with Gasteiger partial charge in [-0.25, -0.2) is 4.39 Å². The van der Waals surface area contributed by atoms with Crippen molar-refractivity contribution in [3.8, 4) is 0 Å². The van der Waals surface area contributed by atoms with Crippen molar-refractivity contribution >= 4 is 29.3 Å². The van der Waals surface area contributed by atoms with Crippen LogP contribution in [0.2, 0.25) is 0 Å². The number of hydrogen-bond donors (Lipinski definition) is 2. The predicted molar refractivity (Wildman–Crippen MR) is 95.2 cm³/mol. The number of nitrogens with zero attached hydrogens (tertiary/aromatic N) is 2. The van der Waals surface area contributed by atoms with E-state index in [1.54, 1.807) is 0 Å². The van der Waals surface area contributed by atoms with Crippen LogP contribution in [0.25, 0.3) is 0 Å². The topological polar surface area (TPSA) is 98.8 Å². The highest BCUT2D eigenvalue weighted by Crippen LogP contribution is 2.37. The Labute approximate surface area is 160 Å². The number of fused-ring (bicyclic) bond motifs is 3. The molecule has 2 N–H and O–H groups in total. The molecule has 4 heterocycles. The largest absolute Gasteiger partial charge is 0.368 e. The lowest BCUT2D eigenvalue weighted by atomic mass is 10.0. The molecular weight excluding hydrogens is 367 g/mol. The number of anilines is 1. The van der Waals surface area contributed by atoms with Gasteiger partial charge in [0.05, 0.1) is 16.8 Å². The maximum absolute atomic E-state index is 14.3. The Hall–Kier alpha value is -2.81. The average Bonchev–Trinajstić information content (AvgIpc) is 3.11. The van der Waals surface area contributed by atoms with Crippen LogP contribution in [0.15, 0.2) is 12.1 Å². The van der Waals surface area contributed by atoms with Crippen molar-refractivity contribution in [2.75, 3.05) is 18.0 Å². The highest BCUT2D eigenvalue weighted by atomic mass is 19.1. The maximum Gasteiger partial charge on any atom is 0.264 e. The normalized spacial score (nSPS) is 29.4. The fourth-order valence-electron chi connectivity index (χ4n) is 4.78. The number of piperidine rings is 1. The fourth-order valence-corrected chi connectivity index (χ4v) is 4.78. The Kier molecular flexibility index (Phi) is 3.77. The number of benzene rings is 1. The molecule has 5 rings (SSSR count). The second-order valence-corrected chi connectivity index (χ2v) is 7.84. The average molecular weight is 386 g/mol. The van der Waals surface area contributed by atoms with E-state index in [9.17, 15) is 23.6 Å². The molecule has 146 valence electrons. The first-order valence-electron chi connectivity index (χ1n) is 9.48. The summed E-state index contributed by atoms with van der Waals surface area (Å²) < 4.78 is 14.3. The Morgan fingerprint density at radius 2 is 1.68 bits per heavy atom. The lowest BCUT2D eigenvalue weighted by Crippen LogP contribution is -2.54. The highest BCUT2D eigenvalue weighted by Gasteiger charge is 2.47. The smallest absolute Gasteiger partial charge is 0.264 e. The van der Waals surface area contributed by atoms with Gasteiger partial charge in [0.1, 0.15) is 11.9 Å². The van der Waals surface area contributed by atoms with E-state index in [4.69, 9.17) is 0 Å². The van der Waals surface area contributed by atoms with Crippen molar-refractivity contribution < 1.29 is 23.6 Å². The zero-order valence-corrected chi connectivity index (χ0v) is 15.0. The fraction of sp³-hybridized carbons (Fsp3) is 0.474. The van der Waals surface area contributed by atoms with E-state index in [0.717, 1.165) is 23.8 Å². The first-order chi connectivity index (χ1) is 13.4. The minimum atomic E-state index is -1.06. The number of nitrogens with one attached hydrogen (secondary N) is 2. The molecule has 4 aliphatic rings. The van der Waals surface area contributed by atoms with E-state index >= 15 is 0 Å². The molecule has 1 aromatic carbocycles. The summed E-state index contributed by atoms with van der Waals surface area (Å²) in [6.07, 6.45) is 2.17. The Balaban J connectivity index is 1.53. The van der Waals surface area contributed by atoms with E-state index in [0.29, 0.717) is 18.8 Å². The summed E-state index contributed by atoms with van der Waals surface area (Å²) in [6.45, 7) is 1.26. The highest BCUT2D eigenvalue weighted by molar-refractivity contribution is 6.25. The van der Waals surface area contributed by atoms with Gasteiger partial charge in [0.2, 0.25) is 11.8 Å². The van der Waals surface area contributed by atoms with Gasteiger partial charge in [0.25, 0.3) is 11.8 Å². The summed E-state index contributed by atoms with van der Waals surface area (Å²) in [6, 6.07) is 1.84. The van der Waals surface area contributed by atoms with Crippen LogP contribution in [0.3, 0.4) is 0 Å². The SMILES string of the molecule is O=C1CCC(N2C(=O)c3cc(F)cc(N4C[C@H]5CC[C@@H](C4)N5)c3C2=O)C(=O)N1. The number of halogens is 1. The number of imide groups is 2. The molecule has 0 saturated carbocycles. The number of hydrogen-bond acceptors (Lipinski definition) is 6. The van der Waals surface area contributed by atoms with Crippen LogP contribution < -0.4 is 15.5 Å². The van der Waals surface area contributed by atoms with Gasteiger partial charge in [0.15, 0.2) is 0 Å². The van der Waals surface area contributed by atoms with Crippen LogP contribution in [0.4, 0.5) is 10.1 Å². The maximum atomic E-state index is 14.3. The first-order valence-corrected chi connectivity index (χ1v) is 9.48. The summed E-state index contributed by atoms with van der Waals surface area (Å²) >= 11 is 0. The molecule has 28 heavy (non-hydrogen) atoms. The van der Waals surface area contributed by atoms with Gasteiger partial charge in [0, 0.05) is 31.6 Å². The summed E-state index contributed by atoms with van der Waals surface area (Å²) in [5.41, 5.74) is 0.537. The van der Waals surface area contributed by atoms with Gasteiger partial charge >= 0.3 is 0 Å². The van der Waals surface area contributed by atoms with Gasteiger partial charge < -0.3 is 10.2 Å². The molecule has 4 amide bonds. The first kappa shape index (κ1) is 17.3. The zero-order valence-electron chi connectivity index (χ0n) is 15.0. The molecule has 0 spiro atoms. The number of rotatable bonds is 2. The standard InChI is InChI=1S/C19H19FN4O4/c20-9-5-12-16(14(6-9)23-7-10-1-2-11(8-23)21-10)19(28)24(18(12)27)13-3-4-15(25)22-17(13)26/h5-6,10-11,13,21H,1-4,7-8H2,(H,22,25,26)/t10-,11+,13?. The van der Waals surface area contributed by atoms with Gasteiger partial charge in [-0.1, -0.05) is 0 Å². The van der Waals surface area contributed by atoms with Crippen molar-refractivity contribution in [2.45, 2.75) is 43.8 Å². The van der Waals surface area contributed by atoms with Crippen LogP contribution in [0, 0.1) is 5.82 Å². The number of carbonyl (C=O) groups excluding carboxylic acids is 4. The van der Waals surface area contributed by atoms with E-state index in [1.807, 2.05) is 4.90 Å². The third-order valence-corrected chi connectivity index (χ3v) is 6.04. The molecular formula is C19H19FN4O4. The number of amides is 4. The molecule has 3 atom stereocenters. The molecule has 3 fully saturated rings. The van der Waals surface area contributed by atoms with E-state index in [2.05, 4.69) is 10.6 Å². The molecule has 1 aromatic rings. The molecule has 0 aromatic heterocycles. The Bertz CT molecular complexity index is 921. The molecule has 3 saturated heterocycles. The van der Waals surface area contributed by atoms with Crippen LogP contribution in [-0.4, -0.2) is 59.7 Å². The second kappa shape index (κ2) is 6.10. The molecule has 1 unspecified atom stereocenters. The van der Waals surface area contributed by atoms with Crippen molar-refractivity contribution in [3.05, 3.63) is 29.1 Å². The third kappa shape index (κ3) is 2.53. The van der Waals surface area contributed by atoms with Gasteiger partial charge in [-0.05, 0) is 31.4 Å². The number of piperazine rings is 1. The number of carbonyl (C=O) groups is 4. The molecule has 0 radical (unpaired) electrons.